The molecule has 7 heteroatoms. The van der Waals surface area contributed by atoms with Crippen LogP contribution in [0.1, 0.15) is 24.3 Å². The first kappa shape index (κ1) is 17.2. The van der Waals surface area contributed by atoms with Gasteiger partial charge in [0.1, 0.15) is 0 Å². The topological polar surface area (TPSA) is 55.8 Å². The molecule has 1 aromatic heterocycles. The molecule has 0 aliphatic carbocycles. The number of amides is 2. The Hall–Kier alpha value is -2.25. The van der Waals surface area contributed by atoms with Gasteiger partial charge in [-0.3, -0.25) is 14.5 Å². The van der Waals surface area contributed by atoms with Gasteiger partial charge in [-0.2, -0.15) is 0 Å². The maximum atomic E-state index is 13.0. The summed E-state index contributed by atoms with van der Waals surface area (Å²) in [4.78, 5) is 28.7. The molecule has 0 spiro atoms. The van der Waals surface area contributed by atoms with Crippen LogP contribution in [0.5, 0.6) is 11.5 Å². The van der Waals surface area contributed by atoms with Gasteiger partial charge in [0, 0.05) is 10.1 Å². The average Bonchev–Trinajstić information content (AvgIpc) is 3.32. The lowest BCUT2D eigenvalue weighted by Crippen LogP contribution is -2.30. The van der Waals surface area contributed by atoms with Crippen LogP contribution < -0.4 is 9.47 Å². The number of ether oxygens (including phenoxy) is 2. The van der Waals surface area contributed by atoms with Crippen molar-refractivity contribution in [1.29, 1.82) is 0 Å². The Kier molecular flexibility index (Phi) is 4.50. The Bertz CT molecular complexity index is 902. The van der Waals surface area contributed by atoms with Crippen LogP contribution in [0.3, 0.4) is 0 Å². The number of imide groups is 1. The molecule has 0 unspecified atom stereocenters. The predicted octanol–water partition coefficient (Wildman–Crippen LogP) is 3.90. The van der Waals surface area contributed by atoms with Crippen molar-refractivity contribution in [2.24, 2.45) is 0 Å². The normalized spacial score (nSPS) is 16.3. The lowest BCUT2D eigenvalue weighted by atomic mass is 10.2. The largest absolute Gasteiger partial charge is 0.454 e. The van der Waals surface area contributed by atoms with Gasteiger partial charge in [-0.1, -0.05) is 26.0 Å². The fourth-order valence-electron chi connectivity index (χ4n) is 2.90. The second kappa shape index (κ2) is 6.81. The highest BCUT2D eigenvalue weighted by Crippen LogP contribution is 2.40. The SMILES string of the molecule is CC(C)SC1=C(c2cccs2)C(=O)N(Cc2ccc3c(c2)OCO3)C1=O. The summed E-state index contributed by atoms with van der Waals surface area (Å²) in [6.45, 7) is 4.44. The van der Waals surface area contributed by atoms with Crippen LogP contribution in [-0.2, 0) is 16.1 Å². The summed E-state index contributed by atoms with van der Waals surface area (Å²) in [5.74, 6) is 0.860. The highest BCUT2D eigenvalue weighted by atomic mass is 32.2. The summed E-state index contributed by atoms with van der Waals surface area (Å²) in [5, 5.41) is 2.13. The number of carbonyl (C=O) groups excluding carboxylic acids is 2. The zero-order chi connectivity index (χ0) is 18.3. The minimum Gasteiger partial charge on any atom is -0.454 e. The van der Waals surface area contributed by atoms with Crippen molar-refractivity contribution < 1.29 is 19.1 Å². The molecule has 4 rings (SSSR count). The van der Waals surface area contributed by atoms with E-state index in [4.69, 9.17) is 9.47 Å². The highest BCUT2D eigenvalue weighted by molar-refractivity contribution is 8.04. The molecule has 0 bridgehead atoms. The minimum atomic E-state index is -0.238. The maximum Gasteiger partial charge on any atom is 0.268 e. The zero-order valence-corrected chi connectivity index (χ0v) is 16.0. The van der Waals surface area contributed by atoms with E-state index in [1.807, 2.05) is 43.5 Å². The van der Waals surface area contributed by atoms with E-state index in [-0.39, 0.29) is 30.4 Å². The number of hydrogen-bond donors (Lipinski definition) is 0. The number of carbonyl (C=O) groups is 2. The smallest absolute Gasteiger partial charge is 0.268 e. The van der Waals surface area contributed by atoms with E-state index in [0.717, 1.165) is 10.4 Å². The molecule has 2 amide bonds. The van der Waals surface area contributed by atoms with Crippen molar-refractivity contribution >= 4 is 40.5 Å². The van der Waals surface area contributed by atoms with Crippen LogP contribution in [0.25, 0.3) is 5.57 Å². The van der Waals surface area contributed by atoms with E-state index in [0.29, 0.717) is 22.0 Å². The van der Waals surface area contributed by atoms with Gasteiger partial charge in [-0.15, -0.1) is 23.1 Å². The Morgan fingerprint density at radius 1 is 1.15 bits per heavy atom. The van der Waals surface area contributed by atoms with Gasteiger partial charge in [-0.05, 0) is 29.1 Å². The first-order valence-electron chi connectivity index (χ1n) is 8.24. The quantitative estimate of drug-likeness (QED) is 0.729. The van der Waals surface area contributed by atoms with E-state index in [1.165, 1.54) is 28.0 Å². The minimum absolute atomic E-state index is 0.194. The fraction of sp³-hybridized carbons (Fsp3) is 0.263. The van der Waals surface area contributed by atoms with E-state index in [2.05, 4.69) is 0 Å². The Labute approximate surface area is 159 Å². The molecule has 0 radical (unpaired) electrons. The van der Waals surface area contributed by atoms with Gasteiger partial charge in [0.15, 0.2) is 11.5 Å². The number of fused-ring (bicyclic) bond motifs is 1. The molecular formula is C19H17NO4S2. The molecular weight excluding hydrogens is 370 g/mol. The summed E-state index contributed by atoms with van der Waals surface area (Å²) in [6, 6.07) is 9.26. The van der Waals surface area contributed by atoms with Crippen LogP contribution in [0.4, 0.5) is 0 Å². The van der Waals surface area contributed by atoms with Gasteiger partial charge in [0.25, 0.3) is 11.8 Å². The summed E-state index contributed by atoms with van der Waals surface area (Å²) < 4.78 is 10.7. The molecule has 2 aliphatic heterocycles. The number of hydrogen-bond acceptors (Lipinski definition) is 6. The molecule has 0 fully saturated rings. The van der Waals surface area contributed by atoms with Crippen molar-refractivity contribution in [2.75, 3.05) is 6.79 Å². The first-order chi connectivity index (χ1) is 12.5. The average molecular weight is 387 g/mol. The molecule has 2 aliphatic rings. The van der Waals surface area contributed by atoms with Crippen molar-refractivity contribution in [3.05, 3.63) is 51.1 Å². The van der Waals surface area contributed by atoms with Crippen molar-refractivity contribution in [3.63, 3.8) is 0 Å². The van der Waals surface area contributed by atoms with Crippen LogP contribution in [0.15, 0.2) is 40.6 Å². The predicted molar refractivity (Wildman–Crippen MR) is 102 cm³/mol. The van der Waals surface area contributed by atoms with Crippen molar-refractivity contribution in [2.45, 2.75) is 25.6 Å². The number of thioether (sulfide) groups is 1. The number of rotatable bonds is 5. The molecule has 0 atom stereocenters. The molecule has 0 saturated heterocycles. The van der Waals surface area contributed by atoms with Crippen molar-refractivity contribution in [3.8, 4) is 11.5 Å². The molecule has 0 saturated carbocycles. The Balaban J connectivity index is 1.65. The molecule has 3 heterocycles. The summed E-state index contributed by atoms with van der Waals surface area (Å²) in [6.07, 6.45) is 0. The highest BCUT2D eigenvalue weighted by Gasteiger charge is 2.40. The summed E-state index contributed by atoms with van der Waals surface area (Å²) in [7, 11) is 0. The van der Waals surface area contributed by atoms with Crippen LogP contribution >= 0.6 is 23.1 Å². The van der Waals surface area contributed by atoms with Crippen LogP contribution in [0.2, 0.25) is 0 Å². The standard InChI is InChI=1S/C19H17NO4S2/c1-11(2)26-17-16(15-4-3-7-25-15)18(21)20(19(17)22)9-12-5-6-13-14(8-12)24-10-23-13/h3-8,11H,9-10H2,1-2H3. The first-order valence-corrected chi connectivity index (χ1v) is 10.00. The van der Waals surface area contributed by atoms with Crippen molar-refractivity contribution in [1.82, 2.24) is 4.90 Å². The zero-order valence-electron chi connectivity index (χ0n) is 14.4. The van der Waals surface area contributed by atoms with Gasteiger partial charge in [0.05, 0.1) is 17.0 Å². The monoisotopic (exact) mass is 387 g/mol. The molecule has 1 aromatic carbocycles. The third-order valence-corrected chi connectivity index (χ3v) is 6.00. The van der Waals surface area contributed by atoms with Gasteiger partial charge in [-0.25, -0.2) is 0 Å². The van der Waals surface area contributed by atoms with Gasteiger partial charge >= 0.3 is 0 Å². The second-order valence-electron chi connectivity index (χ2n) is 6.23. The maximum absolute atomic E-state index is 13.0. The second-order valence-corrected chi connectivity index (χ2v) is 8.77. The van der Waals surface area contributed by atoms with Crippen LogP contribution in [0, 0.1) is 0 Å². The lowest BCUT2D eigenvalue weighted by molar-refractivity contribution is -0.137. The molecule has 134 valence electrons. The van der Waals surface area contributed by atoms with Crippen LogP contribution in [-0.4, -0.2) is 28.8 Å². The third kappa shape index (κ3) is 3.01. The number of nitrogens with zero attached hydrogens (tertiary/aromatic N) is 1. The Morgan fingerprint density at radius 3 is 2.69 bits per heavy atom. The lowest BCUT2D eigenvalue weighted by Gasteiger charge is -2.15. The van der Waals surface area contributed by atoms with Gasteiger partial charge in [0.2, 0.25) is 6.79 Å². The Morgan fingerprint density at radius 2 is 1.96 bits per heavy atom. The number of benzene rings is 1. The molecule has 5 nitrogen and oxygen atoms in total. The van der Waals surface area contributed by atoms with Gasteiger partial charge < -0.3 is 9.47 Å². The fourth-order valence-corrected chi connectivity index (χ4v) is 4.73. The molecule has 0 N–H and O–H groups in total. The van der Waals surface area contributed by atoms with E-state index < -0.39 is 0 Å². The summed E-state index contributed by atoms with van der Waals surface area (Å²) in [5.41, 5.74) is 1.35. The van der Waals surface area contributed by atoms with E-state index >= 15 is 0 Å². The van der Waals surface area contributed by atoms with E-state index in [1.54, 1.807) is 6.07 Å². The molecule has 2 aromatic rings. The number of thiophene rings is 1. The summed E-state index contributed by atoms with van der Waals surface area (Å²) >= 11 is 2.92. The third-order valence-electron chi connectivity index (χ3n) is 4.02. The molecule has 26 heavy (non-hydrogen) atoms. The van der Waals surface area contributed by atoms with E-state index in [9.17, 15) is 9.59 Å².